The van der Waals surface area contributed by atoms with Gasteiger partial charge in [0, 0.05) is 12.3 Å². The number of aromatic nitrogens is 1. The highest BCUT2D eigenvalue weighted by Crippen LogP contribution is 2.30. The number of nitrogens with two attached hydrogens (primary N) is 1. The fraction of sp³-hybridized carbons (Fsp3) is 0. The molecule has 0 aliphatic rings. The maximum atomic E-state index is 11.2. The average molecular weight is 359 g/mol. The number of anilines is 1. The number of carboxylic acid groups (broad SMARTS) is 1. The normalized spacial score (nSPS) is 10.7. The Morgan fingerprint density at radius 1 is 0.963 bits per heavy atom. The molecule has 2 aromatic carbocycles. The van der Waals surface area contributed by atoms with Crippen molar-refractivity contribution in [3.8, 4) is 22.3 Å². The van der Waals surface area contributed by atoms with Gasteiger partial charge in [0.15, 0.2) is 0 Å². The fourth-order valence-electron chi connectivity index (χ4n) is 2.72. The summed E-state index contributed by atoms with van der Waals surface area (Å²) >= 11 is 0. The van der Waals surface area contributed by atoms with Gasteiger partial charge in [0.05, 0.1) is 0 Å². The van der Waals surface area contributed by atoms with Crippen molar-refractivity contribution in [1.29, 1.82) is 0 Å². The minimum absolute atomic E-state index is 0.219. The molecule has 4 N–H and O–H groups in total. The lowest BCUT2D eigenvalue weighted by molar-refractivity contribution is -0.113. The van der Waals surface area contributed by atoms with Gasteiger partial charge in [0.1, 0.15) is 5.82 Å². The van der Waals surface area contributed by atoms with E-state index in [4.69, 9.17) is 10.8 Å². The Bertz CT molecular complexity index is 1010. The first kappa shape index (κ1) is 17.9. The number of carbonyl (C=O) groups is 2. The van der Waals surface area contributed by atoms with Gasteiger partial charge in [-0.3, -0.25) is 10.1 Å². The monoisotopic (exact) mass is 359 g/mol. The standard InChI is InChI=1S/C21H17N3O3/c22-19(25)9-7-16-12-15(14-4-2-1-3-5-14)6-8-18(16)17-10-11-23-20(13-17)24-21(26)27/h1-13H,(H2,22,25)(H,23,24)(H,26,27)/b9-7+. The maximum Gasteiger partial charge on any atom is 0.410 e. The molecule has 6 heteroatoms. The van der Waals surface area contributed by atoms with Gasteiger partial charge in [-0.1, -0.05) is 42.5 Å². The molecule has 0 aliphatic heterocycles. The summed E-state index contributed by atoms with van der Waals surface area (Å²) in [7, 11) is 0. The number of rotatable bonds is 5. The van der Waals surface area contributed by atoms with Crippen LogP contribution in [0.2, 0.25) is 0 Å². The first-order valence-corrected chi connectivity index (χ1v) is 8.16. The van der Waals surface area contributed by atoms with E-state index in [0.717, 1.165) is 27.8 Å². The third-order valence-electron chi connectivity index (χ3n) is 3.89. The van der Waals surface area contributed by atoms with E-state index in [2.05, 4.69) is 10.3 Å². The highest BCUT2D eigenvalue weighted by atomic mass is 16.4. The Kier molecular flexibility index (Phi) is 5.28. The van der Waals surface area contributed by atoms with Crippen LogP contribution in [-0.4, -0.2) is 22.1 Å². The molecule has 0 saturated heterocycles. The molecule has 0 radical (unpaired) electrons. The summed E-state index contributed by atoms with van der Waals surface area (Å²) in [6.07, 6.45) is 3.28. The van der Waals surface area contributed by atoms with Crippen LogP contribution in [0.25, 0.3) is 28.3 Å². The van der Waals surface area contributed by atoms with Crippen LogP contribution in [0.3, 0.4) is 0 Å². The molecule has 27 heavy (non-hydrogen) atoms. The molecule has 0 bridgehead atoms. The smallest absolute Gasteiger partial charge is 0.410 e. The largest absolute Gasteiger partial charge is 0.465 e. The molecule has 3 rings (SSSR count). The minimum atomic E-state index is -1.19. The Morgan fingerprint density at radius 2 is 1.74 bits per heavy atom. The molecule has 0 fully saturated rings. The van der Waals surface area contributed by atoms with E-state index >= 15 is 0 Å². The number of pyridine rings is 1. The zero-order chi connectivity index (χ0) is 19.2. The topological polar surface area (TPSA) is 105 Å². The van der Waals surface area contributed by atoms with Crippen LogP contribution < -0.4 is 11.1 Å². The van der Waals surface area contributed by atoms with Crippen molar-refractivity contribution in [1.82, 2.24) is 4.98 Å². The van der Waals surface area contributed by atoms with Gasteiger partial charge in [-0.2, -0.15) is 0 Å². The van der Waals surface area contributed by atoms with Crippen molar-refractivity contribution in [3.63, 3.8) is 0 Å². The second-order valence-corrected chi connectivity index (χ2v) is 5.76. The lowest BCUT2D eigenvalue weighted by atomic mass is 9.95. The van der Waals surface area contributed by atoms with Crippen molar-refractivity contribution in [2.75, 3.05) is 5.32 Å². The highest BCUT2D eigenvalue weighted by Gasteiger charge is 2.08. The third-order valence-corrected chi connectivity index (χ3v) is 3.89. The lowest BCUT2D eigenvalue weighted by Crippen LogP contribution is -2.08. The van der Waals surface area contributed by atoms with E-state index < -0.39 is 12.0 Å². The molecule has 0 spiro atoms. The molecule has 1 heterocycles. The summed E-state index contributed by atoms with van der Waals surface area (Å²) in [6.45, 7) is 0. The van der Waals surface area contributed by atoms with Crippen LogP contribution in [0, 0.1) is 0 Å². The van der Waals surface area contributed by atoms with Crippen LogP contribution in [-0.2, 0) is 4.79 Å². The molecule has 2 amide bonds. The average Bonchev–Trinajstić information content (AvgIpc) is 2.66. The van der Waals surface area contributed by atoms with Crippen LogP contribution in [0.15, 0.2) is 72.9 Å². The van der Waals surface area contributed by atoms with E-state index in [9.17, 15) is 9.59 Å². The van der Waals surface area contributed by atoms with Crippen LogP contribution in [0.5, 0.6) is 0 Å². The summed E-state index contributed by atoms with van der Waals surface area (Å²) < 4.78 is 0. The lowest BCUT2D eigenvalue weighted by Gasteiger charge is -2.11. The summed E-state index contributed by atoms with van der Waals surface area (Å²) in [4.78, 5) is 26.0. The number of benzene rings is 2. The Balaban J connectivity index is 2.09. The number of amides is 2. The van der Waals surface area contributed by atoms with E-state index in [1.165, 1.54) is 12.3 Å². The van der Waals surface area contributed by atoms with Gasteiger partial charge >= 0.3 is 6.09 Å². The summed E-state index contributed by atoms with van der Waals surface area (Å²) in [5.41, 5.74) is 9.64. The number of nitrogens with one attached hydrogen (secondary N) is 1. The van der Waals surface area contributed by atoms with Crippen molar-refractivity contribution in [3.05, 3.63) is 78.5 Å². The molecule has 6 nitrogen and oxygen atoms in total. The van der Waals surface area contributed by atoms with E-state index in [1.807, 2.05) is 48.5 Å². The first-order chi connectivity index (χ1) is 13.0. The van der Waals surface area contributed by atoms with Gasteiger partial charge in [0.2, 0.25) is 5.91 Å². The Hall–Kier alpha value is -3.93. The number of nitrogens with zero attached hydrogens (tertiary/aromatic N) is 1. The first-order valence-electron chi connectivity index (χ1n) is 8.16. The molecule has 3 aromatic rings. The SMILES string of the molecule is NC(=O)/C=C/c1cc(-c2ccccc2)ccc1-c1ccnc(NC(=O)O)c1. The van der Waals surface area contributed by atoms with Gasteiger partial charge in [-0.25, -0.2) is 9.78 Å². The van der Waals surface area contributed by atoms with Crippen molar-refractivity contribution in [2.24, 2.45) is 5.73 Å². The number of hydrogen-bond acceptors (Lipinski definition) is 3. The third kappa shape index (κ3) is 4.58. The van der Waals surface area contributed by atoms with Crippen molar-refractivity contribution >= 4 is 23.9 Å². The zero-order valence-electron chi connectivity index (χ0n) is 14.3. The molecule has 0 atom stereocenters. The zero-order valence-corrected chi connectivity index (χ0v) is 14.3. The second-order valence-electron chi connectivity index (χ2n) is 5.76. The van der Waals surface area contributed by atoms with E-state index in [0.29, 0.717) is 0 Å². The summed E-state index contributed by atoms with van der Waals surface area (Å²) in [6, 6.07) is 19.1. The highest BCUT2D eigenvalue weighted by molar-refractivity contribution is 5.93. The van der Waals surface area contributed by atoms with E-state index in [-0.39, 0.29) is 5.82 Å². The van der Waals surface area contributed by atoms with Gasteiger partial charge in [-0.15, -0.1) is 0 Å². The Morgan fingerprint density at radius 3 is 2.44 bits per heavy atom. The summed E-state index contributed by atoms with van der Waals surface area (Å²) in [5.74, 6) is -0.328. The van der Waals surface area contributed by atoms with Crippen LogP contribution in [0.4, 0.5) is 10.6 Å². The quantitative estimate of drug-likeness (QED) is 0.599. The van der Waals surface area contributed by atoms with Gasteiger partial charge < -0.3 is 10.8 Å². The van der Waals surface area contributed by atoms with Crippen molar-refractivity contribution in [2.45, 2.75) is 0 Å². The number of hydrogen-bond donors (Lipinski definition) is 3. The van der Waals surface area contributed by atoms with Gasteiger partial charge in [-0.05, 0) is 52.1 Å². The second kappa shape index (κ2) is 7.97. The predicted octanol–water partition coefficient (Wildman–Crippen LogP) is 4.00. The molecular formula is C21H17N3O3. The minimum Gasteiger partial charge on any atom is -0.465 e. The Labute approximate surface area is 156 Å². The predicted molar refractivity (Wildman–Crippen MR) is 105 cm³/mol. The molecule has 0 saturated carbocycles. The molecule has 0 unspecified atom stereocenters. The van der Waals surface area contributed by atoms with Crippen LogP contribution in [0.1, 0.15) is 5.56 Å². The van der Waals surface area contributed by atoms with E-state index in [1.54, 1.807) is 18.2 Å². The molecule has 134 valence electrons. The van der Waals surface area contributed by atoms with Crippen LogP contribution >= 0.6 is 0 Å². The van der Waals surface area contributed by atoms with Gasteiger partial charge in [0.25, 0.3) is 0 Å². The molecular weight excluding hydrogens is 342 g/mol. The number of primary amides is 1. The fourth-order valence-corrected chi connectivity index (χ4v) is 2.72. The number of carbonyl (C=O) groups excluding carboxylic acids is 1. The molecule has 0 aliphatic carbocycles. The summed E-state index contributed by atoms with van der Waals surface area (Å²) in [5, 5.41) is 11.1. The maximum absolute atomic E-state index is 11.2. The van der Waals surface area contributed by atoms with Crippen molar-refractivity contribution < 1.29 is 14.7 Å². The molecule has 1 aromatic heterocycles.